The Labute approximate surface area is 109 Å². The minimum atomic E-state index is -0.299. The van der Waals surface area contributed by atoms with E-state index in [-0.39, 0.29) is 11.0 Å². The first-order valence-corrected chi connectivity index (χ1v) is 5.67. The number of hydrogen-bond donors (Lipinski definition) is 2. The van der Waals surface area contributed by atoms with Crippen molar-refractivity contribution in [3.63, 3.8) is 0 Å². The maximum Gasteiger partial charge on any atom is 0.275 e. The van der Waals surface area contributed by atoms with Crippen molar-refractivity contribution >= 4 is 23.2 Å². The Morgan fingerprint density at radius 3 is 3.00 bits per heavy atom. The van der Waals surface area contributed by atoms with Gasteiger partial charge in [0.05, 0.1) is 12.8 Å². The lowest BCUT2D eigenvalue weighted by molar-refractivity contribution is 0.0967. The van der Waals surface area contributed by atoms with Gasteiger partial charge in [0, 0.05) is 13.2 Å². The molecule has 0 radical (unpaired) electrons. The molecule has 2 rings (SSSR count). The van der Waals surface area contributed by atoms with E-state index in [9.17, 15) is 4.79 Å². The first-order valence-electron chi connectivity index (χ1n) is 5.26. The van der Waals surface area contributed by atoms with E-state index >= 15 is 0 Å². The van der Waals surface area contributed by atoms with E-state index in [0.717, 1.165) is 5.76 Å². The van der Waals surface area contributed by atoms with Gasteiger partial charge in [0.25, 0.3) is 5.91 Å². The summed E-state index contributed by atoms with van der Waals surface area (Å²) in [7, 11) is 1.69. The third kappa shape index (κ3) is 2.95. The Hall–Kier alpha value is -2.15. The van der Waals surface area contributed by atoms with E-state index in [1.54, 1.807) is 31.6 Å². The SMILES string of the molecule is Cn1nccc1C(=O)NC(=S)NCc1ccco1. The summed E-state index contributed by atoms with van der Waals surface area (Å²) < 4.78 is 6.61. The molecule has 2 N–H and O–H groups in total. The fourth-order valence-corrected chi connectivity index (χ4v) is 1.55. The topological polar surface area (TPSA) is 72.1 Å². The molecule has 18 heavy (non-hydrogen) atoms. The highest BCUT2D eigenvalue weighted by atomic mass is 32.1. The lowest BCUT2D eigenvalue weighted by Crippen LogP contribution is -2.39. The zero-order valence-electron chi connectivity index (χ0n) is 9.71. The fourth-order valence-electron chi connectivity index (χ4n) is 1.39. The third-order valence-corrected chi connectivity index (χ3v) is 2.53. The number of rotatable bonds is 3. The summed E-state index contributed by atoms with van der Waals surface area (Å²) in [6, 6.07) is 5.22. The molecule has 6 nitrogen and oxygen atoms in total. The van der Waals surface area contributed by atoms with Crippen LogP contribution >= 0.6 is 12.2 Å². The van der Waals surface area contributed by atoms with Crippen LogP contribution in [-0.2, 0) is 13.6 Å². The van der Waals surface area contributed by atoms with Gasteiger partial charge >= 0.3 is 0 Å². The molecule has 0 spiro atoms. The van der Waals surface area contributed by atoms with Crippen LogP contribution in [0.3, 0.4) is 0 Å². The molecule has 0 saturated heterocycles. The lowest BCUT2D eigenvalue weighted by atomic mass is 10.4. The normalized spacial score (nSPS) is 10.1. The summed E-state index contributed by atoms with van der Waals surface area (Å²) in [6.07, 6.45) is 3.13. The molecule has 0 aliphatic rings. The lowest BCUT2D eigenvalue weighted by Gasteiger charge is -2.08. The number of aryl methyl sites for hydroxylation is 1. The van der Waals surface area contributed by atoms with E-state index in [0.29, 0.717) is 12.2 Å². The standard InChI is InChI=1S/C11H12N4O2S/c1-15-9(4-5-13-15)10(16)14-11(18)12-7-8-3-2-6-17-8/h2-6H,7H2,1H3,(H2,12,14,16,18). The predicted molar refractivity (Wildman–Crippen MR) is 68.8 cm³/mol. The molecule has 2 aromatic heterocycles. The van der Waals surface area contributed by atoms with E-state index < -0.39 is 0 Å². The first-order chi connectivity index (χ1) is 8.66. The monoisotopic (exact) mass is 264 g/mol. The van der Waals surface area contributed by atoms with Crippen molar-refractivity contribution in [3.8, 4) is 0 Å². The van der Waals surface area contributed by atoms with E-state index in [1.165, 1.54) is 4.68 Å². The van der Waals surface area contributed by atoms with Crippen molar-refractivity contribution in [2.24, 2.45) is 7.05 Å². The quantitative estimate of drug-likeness (QED) is 0.803. The summed E-state index contributed by atoms with van der Waals surface area (Å²) >= 11 is 5.01. The zero-order valence-corrected chi connectivity index (χ0v) is 10.5. The molecular formula is C11H12N4O2S. The van der Waals surface area contributed by atoms with Crippen LogP contribution < -0.4 is 10.6 Å². The molecule has 0 bridgehead atoms. The molecule has 0 fully saturated rings. The number of carbonyl (C=O) groups excluding carboxylic acids is 1. The maximum atomic E-state index is 11.8. The second kappa shape index (κ2) is 5.46. The van der Waals surface area contributed by atoms with Gasteiger partial charge in [-0.1, -0.05) is 0 Å². The largest absolute Gasteiger partial charge is 0.467 e. The Kier molecular flexibility index (Phi) is 3.73. The molecule has 1 amide bonds. The van der Waals surface area contributed by atoms with Crippen molar-refractivity contribution in [3.05, 3.63) is 42.1 Å². The summed E-state index contributed by atoms with van der Waals surface area (Å²) in [6.45, 7) is 0.428. The number of thiocarbonyl (C=S) groups is 1. The second-order valence-corrected chi connectivity index (χ2v) is 3.96. The number of nitrogens with one attached hydrogen (secondary N) is 2. The van der Waals surface area contributed by atoms with Crippen LogP contribution in [-0.4, -0.2) is 20.8 Å². The van der Waals surface area contributed by atoms with Gasteiger partial charge in [-0.3, -0.25) is 14.8 Å². The van der Waals surface area contributed by atoms with Crippen molar-refractivity contribution in [1.82, 2.24) is 20.4 Å². The molecule has 2 heterocycles. The van der Waals surface area contributed by atoms with Crippen LogP contribution in [0.5, 0.6) is 0 Å². The predicted octanol–water partition coefficient (Wildman–Crippen LogP) is 0.818. The Bertz CT molecular complexity index is 547. The average molecular weight is 264 g/mol. The van der Waals surface area contributed by atoms with Crippen molar-refractivity contribution < 1.29 is 9.21 Å². The smallest absolute Gasteiger partial charge is 0.275 e. The highest BCUT2D eigenvalue weighted by molar-refractivity contribution is 7.80. The van der Waals surface area contributed by atoms with Gasteiger partial charge in [0.15, 0.2) is 5.11 Å². The summed E-state index contributed by atoms with van der Waals surface area (Å²) in [5.41, 5.74) is 0.442. The molecule has 0 aliphatic heterocycles. The van der Waals surface area contributed by atoms with Crippen molar-refractivity contribution in [1.29, 1.82) is 0 Å². The molecule has 0 unspecified atom stereocenters. The van der Waals surface area contributed by atoms with Crippen LogP contribution in [0.2, 0.25) is 0 Å². The van der Waals surface area contributed by atoms with Crippen molar-refractivity contribution in [2.75, 3.05) is 0 Å². The summed E-state index contributed by atoms with van der Waals surface area (Å²) in [4.78, 5) is 11.8. The average Bonchev–Trinajstić information content (AvgIpc) is 2.97. The molecule has 0 atom stereocenters. The van der Waals surface area contributed by atoms with Crippen LogP contribution in [0, 0.1) is 0 Å². The van der Waals surface area contributed by atoms with Gasteiger partial charge in [0.2, 0.25) is 0 Å². The van der Waals surface area contributed by atoms with E-state index in [1.807, 2.05) is 6.07 Å². The molecular weight excluding hydrogens is 252 g/mol. The summed E-state index contributed by atoms with van der Waals surface area (Å²) in [5.74, 6) is 0.444. The Balaban J connectivity index is 1.84. The highest BCUT2D eigenvalue weighted by Gasteiger charge is 2.11. The van der Waals surface area contributed by atoms with Crippen molar-refractivity contribution in [2.45, 2.75) is 6.54 Å². The van der Waals surface area contributed by atoms with Gasteiger partial charge in [0.1, 0.15) is 11.5 Å². The molecule has 0 aliphatic carbocycles. The minimum absolute atomic E-state index is 0.248. The van der Waals surface area contributed by atoms with Crippen LogP contribution in [0.4, 0.5) is 0 Å². The number of nitrogens with zero attached hydrogens (tertiary/aromatic N) is 2. The number of furan rings is 1. The third-order valence-electron chi connectivity index (χ3n) is 2.28. The van der Waals surface area contributed by atoms with Gasteiger partial charge in [-0.15, -0.1) is 0 Å². The van der Waals surface area contributed by atoms with E-state index in [4.69, 9.17) is 16.6 Å². The highest BCUT2D eigenvalue weighted by Crippen LogP contribution is 1.99. The number of amides is 1. The summed E-state index contributed by atoms with van der Waals surface area (Å²) in [5, 5.41) is 9.59. The molecule has 94 valence electrons. The molecule has 0 aromatic carbocycles. The number of hydrogen-bond acceptors (Lipinski definition) is 4. The van der Waals surface area contributed by atoms with Gasteiger partial charge in [-0.2, -0.15) is 5.10 Å². The Morgan fingerprint density at radius 1 is 1.56 bits per heavy atom. The minimum Gasteiger partial charge on any atom is -0.467 e. The Morgan fingerprint density at radius 2 is 2.39 bits per heavy atom. The van der Waals surface area contributed by atoms with Gasteiger partial charge in [-0.25, -0.2) is 0 Å². The fraction of sp³-hybridized carbons (Fsp3) is 0.182. The first kappa shape index (κ1) is 12.3. The van der Waals surface area contributed by atoms with E-state index in [2.05, 4.69) is 15.7 Å². The van der Waals surface area contributed by atoms with Crippen LogP contribution in [0.1, 0.15) is 16.2 Å². The van der Waals surface area contributed by atoms with Gasteiger partial charge < -0.3 is 9.73 Å². The number of aromatic nitrogens is 2. The second-order valence-electron chi connectivity index (χ2n) is 3.56. The molecule has 0 saturated carbocycles. The number of carbonyl (C=O) groups is 1. The van der Waals surface area contributed by atoms with Gasteiger partial charge in [-0.05, 0) is 30.4 Å². The zero-order chi connectivity index (χ0) is 13.0. The van der Waals surface area contributed by atoms with Crippen LogP contribution in [0.15, 0.2) is 35.1 Å². The molecule has 7 heteroatoms. The van der Waals surface area contributed by atoms with Crippen LogP contribution in [0.25, 0.3) is 0 Å². The maximum absolute atomic E-state index is 11.8. The molecule has 2 aromatic rings.